The van der Waals surface area contributed by atoms with E-state index in [-0.39, 0.29) is 48.7 Å². The molecule has 2 aliphatic rings. The van der Waals surface area contributed by atoms with Crippen LogP contribution in [0.4, 0.5) is 17.6 Å². The summed E-state index contributed by atoms with van der Waals surface area (Å²) >= 11 is 0. The first kappa shape index (κ1) is 42.3. The fourth-order valence-corrected chi connectivity index (χ4v) is 8.08. The van der Waals surface area contributed by atoms with E-state index in [0.29, 0.717) is 76.5 Å². The number of carbonyl (C=O) groups excluding carboxylic acids is 2. The van der Waals surface area contributed by atoms with Gasteiger partial charge in [0, 0.05) is 101 Å². The van der Waals surface area contributed by atoms with Crippen molar-refractivity contribution in [3.05, 3.63) is 144 Å². The number of phenols is 2. The van der Waals surface area contributed by atoms with Gasteiger partial charge in [0.15, 0.2) is 0 Å². The van der Waals surface area contributed by atoms with Gasteiger partial charge < -0.3 is 21.3 Å². The number of nitrogens with two attached hydrogens (primary N) is 1. The number of aryl methyl sites for hydroxylation is 2. The topological polar surface area (TPSA) is 190 Å². The van der Waals surface area contributed by atoms with Crippen molar-refractivity contribution >= 4 is 11.8 Å². The Kier molecular flexibility index (Phi) is 12.3. The number of pyridine rings is 2. The van der Waals surface area contributed by atoms with Gasteiger partial charge >= 0.3 is 0 Å². The van der Waals surface area contributed by atoms with Gasteiger partial charge in [0.05, 0.1) is 11.4 Å². The van der Waals surface area contributed by atoms with Crippen molar-refractivity contribution in [2.45, 2.75) is 74.5 Å². The van der Waals surface area contributed by atoms with E-state index in [0.717, 1.165) is 0 Å². The molecule has 0 atom stereocenters. The van der Waals surface area contributed by atoms with Crippen molar-refractivity contribution in [3.63, 3.8) is 0 Å². The summed E-state index contributed by atoms with van der Waals surface area (Å²) in [4.78, 5) is 48.9. The summed E-state index contributed by atoms with van der Waals surface area (Å²) in [6, 6.07) is 14.6. The van der Waals surface area contributed by atoms with Crippen LogP contribution >= 0.6 is 0 Å². The molecule has 0 spiro atoms. The minimum absolute atomic E-state index is 0.0111. The van der Waals surface area contributed by atoms with Gasteiger partial charge in [-0.15, -0.1) is 0 Å². The molecule has 314 valence electrons. The van der Waals surface area contributed by atoms with Crippen LogP contribution in [0.15, 0.2) is 97.8 Å². The van der Waals surface area contributed by atoms with Crippen LogP contribution < -0.4 is 11.1 Å². The van der Waals surface area contributed by atoms with Gasteiger partial charge in [-0.1, -0.05) is 0 Å². The number of primary amides is 1. The summed E-state index contributed by atoms with van der Waals surface area (Å²) in [6.45, 7) is 0. The molecule has 2 fully saturated rings. The maximum Gasteiger partial charge on any atom is 0.251 e. The second-order valence-corrected chi connectivity index (χ2v) is 15.4. The van der Waals surface area contributed by atoms with Gasteiger partial charge in [0.25, 0.3) is 5.91 Å². The highest BCUT2D eigenvalue weighted by Gasteiger charge is 2.49. The number of aromatic nitrogens is 6. The molecule has 61 heavy (non-hydrogen) atoms. The molecule has 16 heteroatoms. The molecule has 4 aromatic heterocycles. The summed E-state index contributed by atoms with van der Waals surface area (Å²) < 4.78 is 55.9. The SMILES string of the molecule is CNC(=O)c1ccc(O)c(-c2cnc(CCC3(c4ncccc4F)CC(F)C3)nc2)c1.NC(=O)c1ccc(O)c(-c2cnc(CCC3(c4ncccc4F)CC(F)C3)nc2)c1. The van der Waals surface area contributed by atoms with Gasteiger partial charge in [-0.2, -0.15) is 0 Å². The van der Waals surface area contributed by atoms with Gasteiger partial charge in [0.2, 0.25) is 5.91 Å². The van der Waals surface area contributed by atoms with Crippen LogP contribution in [0.3, 0.4) is 0 Å². The van der Waals surface area contributed by atoms with Crippen molar-refractivity contribution in [1.82, 2.24) is 35.2 Å². The number of amides is 2. The van der Waals surface area contributed by atoms with Crippen LogP contribution in [0.2, 0.25) is 0 Å². The van der Waals surface area contributed by atoms with E-state index in [1.807, 2.05) is 0 Å². The molecule has 0 bridgehead atoms. The summed E-state index contributed by atoms with van der Waals surface area (Å²) in [6.07, 6.45) is 10.1. The molecule has 0 saturated heterocycles. The van der Waals surface area contributed by atoms with E-state index in [2.05, 4.69) is 35.2 Å². The maximum absolute atomic E-state index is 14.3. The van der Waals surface area contributed by atoms with Crippen molar-refractivity contribution in [2.24, 2.45) is 5.73 Å². The third-order valence-corrected chi connectivity index (χ3v) is 11.4. The summed E-state index contributed by atoms with van der Waals surface area (Å²) in [5.41, 5.74) is 7.18. The number of phenolic OH excluding ortho intramolecular Hbond substituents is 2. The quantitative estimate of drug-likeness (QED) is 0.0916. The number of hydrogen-bond acceptors (Lipinski definition) is 10. The van der Waals surface area contributed by atoms with E-state index >= 15 is 0 Å². The second-order valence-electron chi connectivity index (χ2n) is 15.4. The fourth-order valence-electron chi connectivity index (χ4n) is 8.08. The van der Waals surface area contributed by atoms with Crippen LogP contribution in [-0.2, 0) is 23.7 Å². The molecule has 2 aliphatic carbocycles. The fraction of sp³-hybridized carbons (Fsp3) is 0.289. The van der Waals surface area contributed by atoms with E-state index < -0.39 is 40.7 Å². The molecule has 6 aromatic rings. The monoisotopic (exact) mass is 834 g/mol. The predicted octanol–water partition coefficient (Wildman–Crippen LogP) is 7.23. The molecule has 5 N–H and O–H groups in total. The lowest BCUT2D eigenvalue weighted by Gasteiger charge is -2.44. The number of nitrogens with one attached hydrogen (secondary N) is 1. The molecule has 0 unspecified atom stereocenters. The van der Waals surface area contributed by atoms with Crippen molar-refractivity contribution in [3.8, 4) is 33.8 Å². The highest BCUT2D eigenvalue weighted by molar-refractivity contribution is 5.96. The van der Waals surface area contributed by atoms with Crippen LogP contribution in [0.5, 0.6) is 11.5 Å². The van der Waals surface area contributed by atoms with E-state index in [1.165, 1.54) is 86.4 Å². The first-order valence-corrected chi connectivity index (χ1v) is 19.6. The molecule has 0 aliphatic heterocycles. The van der Waals surface area contributed by atoms with Gasteiger partial charge in [-0.05, 0) is 99.2 Å². The number of benzene rings is 2. The zero-order chi connectivity index (χ0) is 43.3. The molecular weight excluding hydrogens is 793 g/mol. The number of aromatic hydroxyl groups is 2. The average molecular weight is 835 g/mol. The number of halogens is 4. The Morgan fingerprint density at radius 3 is 1.46 bits per heavy atom. The van der Waals surface area contributed by atoms with Gasteiger partial charge in [0.1, 0.15) is 47.1 Å². The highest BCUT2D eigenvalue weighted by Crippen LogP contribution is 2.49. The standard InChI is InChI=1S/C23H22F2N4O2.C22H20F2N4O2/c1-26-22(31)14-4-5-19(30)17(9-14)15-12-28-20(29-13-15)6-7-23(10-16(24)11-23)21-18(25)3-2-8-27-21;23-15-9-22(10-15,20-17(24)2-1-7-26-20)6-5-19-27-11-14(12-28-19)16-8-13(21(25)30)3-4-18(16)29/h2-5,8-9,12-13,16,30H,6-7,10-11H2,1H3,(H,26,31);1-4,7-8,11-12,15,29H,5-6,9-10H2,(H2,25,30). The van der Waals surface area contributed by atoms with Gasteiger partial charge in [-0.25, -0.2) is 37.5 Å². The van der Waals surface area contributed by atoms with E-state index in [1.54, 1.807) is 18.5 Å². The summed E-state index contributed by atoms with van der Waals surface area (Å²) in [5, 5.41) is 22.8. The predicted molar refractivity (Wildman–Crippen MR) is 217 cm³/mol. The Labute approximate surface area is 348 Å². The van der Waals surface area contributed by atoms with Crippen molar-refractivity contribution in [1.29, 1.82) is 0 Å². The summed E-state index contributed by atoms with van der Waals surface area (Å²) in [7, 11) is 1.53. The molecule has 2 aromatic carbocycles. The van der Waals surface area contributed by atoms with Crippen molar-refractivity contribution < 1.29 is 37.4 Å². The molecule has 2 amide bonds. The van der Waals surface area contributed by atoms with E-state index in [9.17, 15) is 37.4 Å². The van der Waals surface area contributed by atoms with Crippen molar-refractivity contribution in [2.75, 3.05) is 7.05 Å². The third-order valence-electron chi connectivity index (χ3n) is 11.4. The number of hydrogen-bond donors (Lipinski definition) is 4. The van der Waals surface area contributed by atoms with Crippen LogP contribution in [0.25, 0.3) is 22.3 Å². The first-order valence-electron chi connectivity index (χ1n) is 19.6. The summed E-state index contributed by atoms with van der Waals surface area (Å²) in [5.74, 6) is -0.680. The minimum Gasteiger partial charge on any atom is -0.507 e. The Morgan fingerprint density at radius 2 is 1.08 bits per heavy atom. The Morgan fingerprint density at radius 1 is 0.672 bits per heavy atom. The van der Waals surface area contributed by atoms with Gasteiger partial charge in [-0.3, -0.25) is 19.6 Å². The minimum atomic E-state index is -0.963. The molecule has 12 nitrogen and oxygen atoms in total. The smallest absolute Gasteiger partial charge is 0.251 e. The maximum atomic E-state index is 14.3. The molecule has 4 heterocycles. The zero-order valence-electron chi connectivity index (χ0n) is 33.0. The molecule has 0 radical (unpaired) electrons. The van der Waals surface area contributed by atoms with Crippen LogP contribution in [0, 0.1) is 11.6 Å². The number of carbonyl (C=O) groups is 2. The zero-order valence-corrected chi connectivity index (χ0v) is 33.0. The Bertz CT molecular complexity index is 2530. The lowest BCUT2D eigenvalue weighted by atomic mass is 9.62. The lowest BCUT2D eigenvalue weighted by molar-refractivity contribution is 0.0789. The average Bonchev–Trinajstić information content (AvgIpc) is 3.24. The number of alkyl halides is 2. The molecule has 2 saturated carbocycles. The van der Waals surface area contributed by atoms with Crippen LogP contribution in [0.1, 0.15) is 82.3 Å². The largest absolute Gasteiger partial charge is 0.507 e. The molecular formula is C45H42F4N8O4. The molecule has 8 rings (SSSR count). The lowest BCUT2D eigenvalue weighted by Crippen LogP contribution is -2.44. The van der Waals surface area contributed by atoms with Crippen LogP contribution in [-0.4, -0.2) is 71.3 Å². The second kappa shape index (κ2) is 17.8. The highest BCUT2D eigenvalue weighted by atomic mass is 19.1. The Balaban J connectivity index is 0.000000184. The third kappa shape index (κ3) is 9.17. The first-order chi connectivity index (χ1) is 29.3. The number of nitrogens with zero attached hydrogens (tertiary/aromatic N) is 6. The normalized spacial score (nSPS) is 20.3. The van der Waals surface area contributed by atoms with E-state index in [4.69, 9.17) is 5.73 Å². The Hall–Kier alpha value is -6.84. The number of rotatable bonds is 12.